The van der Waals surface area contributed by atoms with Crippen LogP contribution < -0.4 is 4.80 Å². The predicted molar refractivity (Wildman–Crippen MR) is 113 cm³/mol. The van der Waals surface area contributed by atoms with E-state index in [1.54, 1.807) is 12.1 Å². The van der Waals surface area contributed by atoms with Gasteiger partial charge in [0.15, 0.2) is 4.80 Å². The lowest BCUT2D eigenvalue weighted by Crippen LogP contribution is -2.16. The Balaban J connectivity index is 1.90. The zero-order valence-corrected chi connectivity index (χ0v) is 16.7. The van der Waals surface area contributed by atoms with Crippen molar-refractivity contribution >= 4 is 33.2 Å². The number of amides is 1. The number of thiazole rings is 1. The van der Waals surface area contributed by atoms with Gasteiger partial charge in [-0.3, -0.25) is 9.36 Å². The Kier molecular flexibility index (Phi) is 5.14. The Bertz CT molecular complexity index is 1130. The summed E-state index contributed by atoms with van der Waals surface area (Å²) < 4.78 is 3.02. The third-order valence-corrected chi connectivity index (χ3v) is 5.43. The molecule has 1 amide bonds. The lowest BCUT2D eigenvalue weighted by molar-refractivity contribution is 0.0998. The van der Waals surface area contributed by atoms with Crippen LogP contribution in [0.1, 0.15) is 10.4 Å². The van der Waals surface area contributed by atoms with Gasteiger partial charge in [-0.15, -0.1) is 11.3 Å². The van der Waals surface area contributed by atoms with Crippen molar-refractivity contribution in [3.8, 4) is 16.9 Å². The van der Waals surface area contributed by atoms with Gasteiger partial charge in [-0.05, 0) is 42.0 Å². The molecule has 0 fully saturated rings. The Labute approximate surface area is 169 Å². The normalized spacial score (nSPS) is 11.5. The average Bonchev–Trinajstić information content (AvgIpc) is 3.13. The van der Waals surface area contributed by atoms with E-state index in [0.717, 1.165) is 21.4 Å². The third-order valence-electron chi connectivity index (χ3n) is 4.08. The highest BCUT2D eigenvalue weighted by Gasteiger charge is 2.12. The molecular formula is C22H15BrN2OS. The lowest BCUT2D eigenvalue weighted by atomic mass is 10.1. The molecule has 27 heavy (non-hydrogen) atoms. The standard InChI is InChI=1S/C22H15BrN2OS/c23-18-11-13-19(14-12-18)25-20(16-7-3-1-4-8-16)15-27-22(25)24-21(26)17-9-5-2-6-10-17/h1-15H. The molecule has 1 heterocycles. The topological polar surface area (TPSA) is 34.4 Å². The number of hydrogen-bond donors (Lipinski definition) is 0. The van der Waals surface area contributed by atoms with E-state index in [9.17, 15) is 4.79 Å². The number of halogens is 1. The molecule has 132 valence electrons. The van der Waals surface area contributed by atoms with E-state index in [4.69, 9.17) is 0 Å². The molecule has 0 spiro atoms. The Hall–Kier alpha value is -2.76. The summed E-state index contributed by atoms with van der Waals surface area (Å²) in [5.74, 6) is -0.247. The number of carbonyl (C=O) groups is 1. The van der Waals surface area contributed by atoms with Crippen LogP contribution in [0.25, 0.3) is 16.9 Å². The van der Waals surface area contributed by atoms with Crippen LogP contribution >= 0.6 is 27.3 Å². The van der Waals surface area contributed by atoms with E-state index in [1.807, 2.05) is 70.6 Å². The molecule has 0 aliphatic carbocycles. The molecule has 0 aliphatic rings. The molecule has 0 aliphatic heterocycles. The highest BCUT2D eigenvalue weighted by atomic mass is 79.9. The molecule has 0 unspecified atom stereocenters. The van der Waals surface area contributed by atoms with Gasteiger partial charge in [0.2, 0.25) is 0 Å². The van der Waals surface area contributed by atoms with Crippen LogP contribution in [0, 0.1) is 0 Å². The minimum atomic E-state index is -0.247. The molecule has 5 heteroatoms. The molecule has 0 bridgehead atoms. The molecule has 0 saturated carbocycles. The fraction of sp³-hybridized carbons (Fsp3) is 0. The first-order valence-electron chi connectivity index (χ1n) is 8.38. The number of nitrogens with zero attached hydrogens (tertiary/aromatic N) is 2. The van der Waals surface area contributed by atoms with Gasteiger partial charge < -0.3 is 0 Å². The van der Waals surface area contributed by atoms with E-state index in [0.29, 0.717) is 10.4 Å². The molecule has 3 nitrogen and oxygen atoms in total. The Morgan fingerprint density at radius 1 is 0.852 bits per heavy atom. The molecule has 0 saturated heterocycles. The van der Waals surface area contributed by atoms with Crippen molar-refractivity contribution in [2.75, 3.05) is 0 Å². The zero-order chi connectivity index (χ0) is 18.6. The van der Waals surface area contributed by atoms with Crippen LogP contribution in [-0.4, -0.2) is 10.5 Å². The summed E-state index contributed by atoms with van der Waals surface area (Å²) >= 11 is 4.93. The van der Waals surface area contributed by atoms with Gasteiger partial charge in [0.05, 0.1) is 5.69 Å². The van der Waals surface area contributed by atoms with E-state index in [-0.39, 0.29) is 5.91 Å². The number of carbonyl (C=O) groups excluding carboxylic acids is 1. The lowest BCUT2D eigenvalue weighted by Gasteiger charge is -2.09. The van der Waals surface area contributed by atoms with Crippen molar-refractivity contribution in [1.82, 2.24) is 4.57 Å². The second-order valence-corrected chi connectivity index (χ2v) is 7.62. The first-order chi connectivity index (χ1) is 13.2. The summed E-state index contributed by atoms with van der Waals surface area (Å²) in [6.07, 6.45) is 0. The van der Waals surface area contributed by atoms with Gasteiger partial charge in [-0.2, -0.15) is 4.99 Å². The molecule has 0 N–H and O–H groups in total. The van der Waals surface area contributed by atoms with Crippen LogP contribution in [0.2, 0.25) is 0 Å². The van der Waals surface area contributed by atoms with Gasteiger partial charge in [0.25, 0.3) is 5.91 Å². The minimum Gasteiger partial charge on any atom is -0.285 e. The van der Waals surface area contributed by atoms with Crippen molar-refractivity contribution in [2.45, 2.75) is 0 Å². The number of rotatable bonds is 3. The van der Waals surface area contributed by atoms with Gasteiger partial charge in [0, 0.05) is 21.1 Å². The average molecular weight is 435 g/mol. The number of hydrogen-bond acceptors (Lipinski definition) is 2. The Morgan fingerprint density at radius 2 is 1.48 bits per heavy atom. The molecule has 4 aromatic rings. The fourth-order valence-electron chi connectivity index (χ4n) is 2.77. The van der Waals surface area contributed by atoms with Gasteiger partial charge >= 0.3 is 0 Å². The number of aromatic nitrogens is 1. The van der Waals surface area contributed by atoms with Crippen LogP contribution in [-0.2, 0) is 0 Å². The summed E-state index contributed by atoms with van der Waals surface area (Å²) in [5, 5.41) is 2.04. The molecule has 3 aromatic carbocycles. The summed E-state index contributed by atoms with van der Waals surface area (Å²) in [4.78, 5) is 17.7. The second kappa shape index (κ2) is 7.86. The summed E-state index contributed by atoms with van der Waals surface area (Å²) in [6.45, 7) is 0. The third kappa shape index (κ3) is 3.84. The molecule has 1 aromatic heterocycles. The van der Waals surface area contributed by atoms with Crippen LogP contribution in [0.15, 0.2) is 99.8 Å². The van der Waals surface area contributed by atoms with E-state index in [1.165, 1.54) is 11.3 Å². The smallest absolute Gasteiger partial charge is 0.279 e. The fourth-order valence-corrected chi connectivity index (χ4v) is 3.94. The SMILES string of the molecule is O=C(N=c1scc(-c2ccccc2)n1-c1ccc(Br)cc1)c1ccccc1. The quantitative estimate of drug-likeness (QED) is 0.406. The molecule has 0 atom stereocenters. The second-order valence-electron chi connectivity index (χ2n) is 5.86. The first kappa shape index (κ1) is 17.6. The summed E-state index contributed by atoms with van der Waals surface area (Å²) in [7, 11) is 0. The maximum atomic E-state index is 12.6. The largest absolute Gasteiger partial charge is 0.285 e. The molecular weight excluding hydrogens is 420 g/mol. The molecule has 4 rings (SSSR count). The predicted octanol–water partition coefficient (Wildman–Crippen LogP) is 5.71. The van der Waals surface area contributed by atoms with Crippen molar-refractivity contribution in [3.63, 3.8) is 0 Å². The highest BCUT2D eigenvalue weighted by molar-refractivity contribution is 9.10. The maximum absolute atomic E-state index is 12.6. The van der Waals surface area contributed by atoms with E-state index in [2.05, 4.69) is 33.1 Å². The molecule has 0 radical (unpaired) electrons. The maximum Gasteiger partial charge on any atom is 0.279 e. The van der Waals surface area contributed by atoms with Gasteiger partial charge in [-0.25, -0.2) is 0 Å². The summed E-state index contributed by atoms with van der Waals surface area (Å²) in [6, 6.07) is 27.2. The highest BCUT2D eigenvalue weighted by Crippen LogP contribution is 2.24. The van der Waals surface area contributed by atoms with Crippen molar-refractivity contribution in [1.29, 1.82) is 0 Å². The van der Waals surface area contributed by atoms with Crippen LogP contribution in [0.5, 0.6) is 0 Å². The Morgan fingerprint density at radius 3 is 2.15 bits per heavy atom. The van der Waals surface area contributed by atoms with E-state index >= 15 is 0 Å². The minimum absolute atomic E-state index is 0.247. The first-order valence-corrected chi connectivity index (χ1v) is 10.1. The van der Waals surface area contributed by atoms with Crippen molar-refractivity contribution < 1.29 is 4.79 Å². The van der Waals surface area contributed by atoms with Crippen molar-refractivity contribution in [3.05, 3.63) is 105 Å². The summed E-state index contributed by atoms with van der Waals surface area (Å²) in [5.41, 5.74) is 3.61. The van der Waals surface area contributed by atoms with Crippen LogP contribution in [0.3, 0.4) is 0 Å². The van der Waals surface area contributed by atoms with E-state index < -0.39 is 0 Å². The monoisotopic (exact) mass is 434 g/mol. The van der Waals surface area contributed by atoms with Crippen molar-refractivity contribution in [2.24, 2.45) is 4.99 Å². The number of benzene rings is 3. The van der Waals surface area contributed by atoms with Crippen LogP contribution in [0.4, 0.5) is 0 Å². The zero-order valence-electron chi connectivity index (χ0n) is 14.2. The van der Waals surface area contributed by atoms with Gasteiger partial charge in [0.1, 0.15) is 0 Å². The van der Waals surface area contributed by atoms with Gasteiger partial charge in [-0.1, -0.05) is 64.5 Å².